The third-order valence-electron chi connectivity index (χ3n) is 4.12. The Kier molecular flexibility index (Phi) is 5.72. The number of halogens is 1. The van der Waals surface area contributed by atoms with Gasteiger partial charge in [-0.1, -0.05) is 23.7 Å². The van der Waals surface area contributed by atoms with Crippen LogP contribution < -0.4 is 10.2 Å². The zero-order valence-electron chi connectivity index (χ0n) is 13.5. The van der Waals surface area contributed by atoms with Crippen LogP contribution in [0.25, 0.3) is 0 Å². The first-order valence-corrected chi connectivity index (χ1v) is 8.55. The number of carbonyl (C=O) groups is 1. The summed E-state index contributed by atoms with van der Waals surface area (Å²) in [7, 11) is 0. The van der Waals surface area contributed by atoms with E-state index in [2.05, 4.69) is 34.5 Å². The minimum atomic E-state index is -0.0726. The molecule has 0 saturated carbocycles. The molecule has 1 aliphatic rings. The Labute approximate surface area is 147 Å². The van der Waals surface area contributed by atoms with Gasteiger partial charge in [-0.25, -0.2) is 0 Å². The Balaban J connectivity index is 1.48. The molecule has 3 rings (SSSR count). The maximum Gasteiger partial charge on any atom is 0.251 e. The summed E-state index contributed by atoms with van der Waals surface area (Å²) in [6, 6.07) is 15.4. The largest absolute Gasteiger partial charge is 0.378 e. The standard InChI is InChI=1S/C19H21ClN2O2/c20-17-5-3-16(4-6-17)19(23)21-10-9-15-1-7-18(8-2-15)22-11-13-24-14-12-22/h1-8H,9-14H2,(H,21,23). The number of nitrogens with one attached hydrogen (secondary N) is 1. The van der Waals surface area contributed by atoms with Gasteiger partial charge in [-0.2, -0.15) is 0 Å². The van der Waals surface area contributed by atoms with Crippen molar-refractivity contribution in [2.45, 2.75) is 6.42 Å². The molecule has 2 aromatic carbocycles. The molecule has 0 aliphatic carbocycles. The minimum Gasteiger partial charge on any atom is -0.378 e. The molecule has 1 N–H and O–H groups in total. The molecule has 1 aliphatic heterocycles. The van der Waals surface area contributed by atoms with Gasteiger partial charge in [-0.3, -0.25) is 4.79 Å². The summed E-state index contributed by atoms with van der Waals surface area (Å²) in [6.45, 7) is 4.07. The smallest absolute Gasteiger partial charge is 0.251 e. The first-order chi connectivity index (χ1) is 11.7. The van der Waals surface area contributed by atoms with Crippen LogP contribution in [-0.4, -0.2) is 38.8 Å². The van der Waals surface area contributed by atoms with Gasteiger partial charge in [-0.15, -0.1) is 0 Å². The summed E-state index contributed by atoms with van der Waals surface area (Å²) in [4.78, 5) is 14.4. The molecule has 1 amide bonds. The fraction of sp³-hybridized carbons (Fsp3) is 0.316. The van der Waals surface area contributed by atoms with Gasteiger partial charge < -0.3 is 15.0 Å². The molecule has 0 radical (unpaired) electrons. The summed E-state index contributed by atoms with van der Waals surface area (Å²) in [5.74, 6) is -0.0726. The van der Waals surface area contributed by atoms with Crippen LogP contribution in [0.4, 0.5) is 5.69 Å². The second kappa shape index (κ2) is 8.18. The van der Waals surface area contributed by atoms with Crippen molar-refractivity contribution in [1.29, 1.82) is 0 Å². The summed E-state index contributed by atoms with van der Waals surface area (Å²) >= 11 is 5.83. The number of benzene rings is 2. The van der Waals surface area contributed by atoms with Gasteiger partial charge in [0.25, 0.3) is 5.91 Å². The molecule has 126 valence electrons. The van der Waals surface area contributed by atoms with Gasteiger partial charge >= 0.3 is 0 Å². The average Bonchev–Trinajstić information content (AvgIpc) is 2.63. The highest BCUT2D eigenvalue weighted by Gasteiger charge is 2.10. The molecule has 2 aromatic rings. The third-order valence-corrected chi connectivity index (χ3v) is 4.37. The lowest BCUT2D eigenvalue weighted by atomic mass is 10.1. The Bertz CT molecular complexity index is 665. The van der Waals surface area contributed by atoms with Gasteiger partial charge in [0.15, 0.2) is 0 Å². The summed E-state index contributed by atoms with van der Waals surface area (Å²) in [5, 5.41) is 3.57. The molecule has 5 heteroatoms. The highest BCUT2D eigenvalue weighted by atomic mass is 35.5. The van der Waals surface area contributed by atoms with E-state index in [0.717, 1.165) is 32.7 Å². The predicted octanol–water partition coefficient (Wildman–Crippen LogP) is 3.15. The lowest BCUT2D eigenvalue weighted by molar-refractivity contribution is 0.0954. The average molecular weight is 345 g/mol. The van der Waals surface area contributed by atoms with Crippen LogP contribution in [0.2, 0.25) is 5.02 Å². The molecule has 4 nitrogen and oxygen atoms in total. The molecule has 0 atom stereocenters. The number of amides is 1. The zero-order valence-corrected chi connectivity index (χ0v) is 14.3. The number of anilines is 1. The van der Waals surface area contributed by atoms with Crippen molar-refractivity contribution in [3.05, 3.63) is 64.7 Å². The van der Waals surface area contributed by atoms with Gasteiger partial charge in [0.2, 0.25) is 0 Å². The topological polar surface area (TPSA) is 41.6 Å². The lowest BCUT2D eigenvalue weighted by Gasteiger charge is -2.28. The first-order valence-electron chi connectivity index (χ1n) is 8.18. The maximum absolute atomic E-state index is 12.0. The number of rotatable bonds is 5. The van der Waals surface area contributed by atoms with Crippen LogP contribution in [0.1, 0.15) is 15.9 Å². The molecule has 1 saturated heterocycles. The third kappa shape index (κ3) is 4.49. The van der Waals surface area contributed by atoms with Crippen molar-refractivity contribution >= 4 is 23.2 Å². The Morgan fingerprint density at radius 3 is 2.38 bits per heavy atom. The number of hydrogen-bond acceptors (Lipinski definition) is 3. The molecule has 24 heavy (non-hydrogen) atoms. The van der Waals surface area contributed by atoms with Crippen LogP contribution in [-0.2, 0) is 11.2 Å². The van der Waals surface area contributed by atoms with E-state index in [9.17, 15) is 4.79 Å². The summed E-state index contributed by atoms with van der Waals surface area (Å²) < 4.78 is 5.37. The van der Waals surface area contributed by atoms with Crippen molar-refractivity contribution in [2.75, 3.05) is 37.7 Å². The first kappa shape index (κ1) is 16.8. The van der Waals surface area contributed by atoms with Crippen LogP contribution in [0.15, 0.2) is 48.5 Å². The van der Waals surface area contributed by atoms with Crippen molar-refractivity contribution in [1.82, 2.24) is 5.32 Å². The fourth-order valence-corrected chi connectivity index (χ4v) is 2.84. The zero-order chi connectivity index (χ0) is 16.8. The lowest BCUT2D eigenvalue weighted by Crippen LogP contribution is -2.36. The number of ether oxygens (including phenoxy) is 1. The molecule has 0 spiro atoms. The molecule has 0 bridgehead atoms. The van der Waals surface area contributed by atoms with Crippen LogP contribution in [0.5, 0.6) is 0 Å². The number of hydrogen-bond donors (Lipinski definition) is 1. The highest BCUT2D eigenvalue weighted by molar-refractivity contribution is 6.30. The van der Waals surface area contributed by atoms with E-state index in [1.165, 1.54) is 11.3 Å². The maximum atomic E-state index is 12.0. The normalized spacial score (nSPS) is 14.5. The van der Waals surface area contributed by atoms with E-state index in [1.54, 1.807) is 24.3 Å². The van der Waals surface area contributed by atoms with Crippen molar-refractivity contribution in [3.63, 3.8) is 0 Å². The Morgan fingerprint density at radius 2 is 1.71 bits per heavy atom. The Morgan fingerprint density at radius 1 is 1.04 bits per heavy atom. The van der Waals surface area contributed by atoms with Crippen molar-refractivity contribution in [3.8, 4) is 0 Å². The van der Waals surface area contributed by atoms with Crippen molar-refractivity contribution in [2.24, 2.45) is 0 Å². The molecule has 0 unspecified atom stereocenters. The molecular weight excluding hydrogens is 324 g/mol. The van der Waals surface area contributed by atoms with Crippen molar-refractivity contribution < 1.29 is 9.53 Å². The summed E-state index contributed by atoms with van der Waals surface area (Å²) in [5.41, 5.74) is 3.07. The van der Waals surface area contributed by atoms with Crippen LogP contribution in [0, 0.1) is 0 Å². The predicted molar refractivity (Wildman–Crippen MR) is 97.0 cm³/mol. The van der Waals surface area contributed by atoms with E-state index in [1.807, 2.05) is 0 Å². The molecule has 1 fully saturated rings. The summed E-state index contributed by atoms with van der Waals surface area (Å²) in [6.07, 6.45) is 0.808. The molecular formula is C19H21ClN2O2. The number of nitrogens with zero attached hydrogens (tertiary/aromatic N) is 1. The monoisotopic (exact) mass is 344 g/mol. The quantitative estimate of drug-likeness (QED) is 0.906. The van der Waals surface area contributed by atoms with Gasteiger partial charge in [-0.05, 0) is 48.4 Å². The van der Waals surface area contributed by atoms with Gasteiger partial charge in [0.05, 0.1) is 13.2 Å². The van der Waals surface area contributed by atoms with Crippen LogP contribution in [0.3, 0.4) is 0 Å². The highest BCUT2D eigenvalue weighted by Crippen LogP contribution is 2.17. The second-order valence-corrected chi connectivity index (χ2v) is 6.22. The Hall–Kier alpha value is -2.04. The molecule has 0 aromatic heterocycles. The van der Waals surface area contributed by atoms with Gasteiger partial charge in [0.1, 0.15) is 0 Å². The molecule has 1 heterocycles. The van der Waals surface area contributed by atoms with E-state index < -0.39 is 0 Å². The van der Waals surface area contributed by atoms with E-state index in [-0.39, 0.29) is 5.91 Å². The SMILES string of the molecule is O=C(NCCc1ccc(N2CCOCC2)cc1)c1ccc(Cl)cc1. The number of carbonyl (C=O) groups excluding carboxylic acids is 1. The minimum absolute atomic E-state index is 0.0726. The van der Waals surface area contributed by atoms with E-state index in [0.29, 0.717) is 17.1 Å². The van der Waals surface area contributed by atoms with Gasteiger partial charge in [0, 0.05) is 35.9 Å². The fourth-order valence-electron chi connectivity index (χ4n) is 2.72. The van der Waals surface area contributed by atoms with E-state index >= 15 is 0 Å². The number of morpholine rings is 1. The van der Waals surface area contributed by atoms with Crippen LogP contribution >= 0.6 is 11.6 Å². The van der Waals surface area contributed by atoms with E-state index in [4.69, 9.17) is 16.3 Å². The second-order valence-electron chi connectivity index (χ2n) is 5.78.